The lowest BCUT2D eigenvalue weighted by molar-refractivity contribution is 0.499. The number of aromatic nitrogens is 3. The van der Waals surface area contributed by atoms with E-state index in [4.69, 9.17) is 20.4 Å². The van der Waals surface area contributed by atoms with Crippen molar-refractivity contribution in [2.75, 3.05) is 0 Å². The third-order valence-corrected chi connectivity index (χ3v) is 5.79. The van der Waals surface area contributed by atoms with Crippen LogP contribution in [0.25, 0.3) is 21.7 Å². The maximum absolute atomic E-state index is 5.99. The molecule has 0 amide bonds. The summed E-state index contributed by atoms with van der Waals surface area (Å²) in [6.07, 6.45) is 0. The minimum atomic E-state index is 0.482. The second-order valence-electron chi connectivity index (χ2n) is 5.21. The molecular formula is C16H12ClN3O2S2. The number of halogens is 1. The Morgan fingerprint density at radius 2 is 2.04 bits per heavy atom. The molecule has 0 fully saturated rings. The number of aryl methyl sites for hydroxylation is 2. The van der Waals surface area contributed by atoms with Crippen LogP contribution >= 0.6 is 34.7 Å². The molecule has 0 aliphatic heterocycles. The van der Waals surface area contributed by atoms with E-state index in [9.17, 15) is 0 Å². The summed E-state index contributed by atoms with van der Waals surface area (Å²) in [4.78, 5) is 4.56. The molecule has 0 saturated heterocycles. The monoisotopic (exact) mass is 377 g/mol. The van der Waals surface area contributed by atoms with Gasteiger partial charge in [0.2, 0.25) is 5.89 Å². The van der Waals surface area contributed by atoms with Gasteiger partial charge in [-0.1, -0.05) is 23.4 Å². The van der Waals surface area contributed by atoms with Crippen LogP contribution in [-0.4, -0.2) is 15.2 Å². The van der Waals surface area contributed by atoms with Gasteiger partial charge in [-0.25, -0.2) is 4.98 Å². The number of fused-ring (bicyclic) bond motifs is 1. The van der Waals surface area contributed by atoms with E-state index in [0.717, 1.165) is 31.6 Å². The van der Waals surface area contributed by atoms with Gasteiger partial charge in [0.05, 0.1) is 21.5 Å². The molecule has 3 heterocycles. The molecule has 0 aliphatic carbocycles. The lowest BCUT2D eigenvalue weighted by Crippen LogP contribution is -1.79. The van der Waals surface area contributed by atoms with E-state index in [-0.39, 0.29) is 0 Å². The van der Waals surface area contributed by atoms with Crippen molar-refractivity contribution < 1.29 is 8.83 Å². The van der Waals surface area contributed by atoms with Gasteiger partial charge in [0.25, 0.3) is 5.89 Å². The highest BCUT2D eigenvalue weighted by molar-refractivity contribution is 8.00. The maximum Gasteiger partial charge on any atom is 0.251 e. The van der Waals surface area contributed by atoms with E-state index in [2.05, 4.69) is 15.2 Å². The van der Waals surface area contributed by atoms with Gasteiger partial charge in [-0.05, 0) is 38.1 Å². The van der Waals surface area contributed by atoms with Crippen LogP contribution in [0.1, 0.15) is 17.4 Å². The SMILES string of the molecule is Cc1cc(-c2nnc(CSc3nc4cc(Cl)ccc4s3)o2)c(C)o1. The van der Waals surface area contributed by atoms with Gasteiger partial charge in [0, 0.05) is 5.02 Å². The molecule has 4 rings (SSSR count). The van der Waals surface area contributed by atoms with Crippen LogP contribution in [0.5, 0.6) is 0 Å². The van der Waals surface area contributed by atoms with E-state index in [0.29, 0.717) is 22.6 Å². The van der Waals surface area contributed by atoms with Gasteiger partial charge < -0.3 is 8.83 Å². The summed E-state index contributed by atoms with van der Waals surface area (Å²) in [5.74, 6) is 3.21. The second kappa shape index (κ2) is 6.23. The molecule has 8 heteroatoms. The summed E-state index contributed by atoms with van der Waals surface area (Å²) in [7, 11) is 0. The first-order valence-electron chi connectivity index (χ1n) is 7.17. The first-order chi connectivity index (χ1) is 11.6. The zero-order chi connectivity index (χ0) is 16.7. The maximum atomic E-state index is 5.99. The zero-order valence-electron chi connectivity index (χ0n) is 12.9. The number of rotatable bonds is 4. The highest BCUT2D eigenvalue weighted by Gasteiger charge is 2.15. The molecule has 0 atom stereocenters. The molecule has 0 unspecified atom stereocenters. The first-order valence-corrected chi connectivity index (χ1v) is 9.35. The van der Waals surface area contributed by atoms with Crippen LogP contribution in [0.4, 0.5) is 0 Å². The van der Waals surface area contributed by atoms with Crippen molar-refractivity contribution in [1.82, 2.24) is 15.2 Å². The van der Waals surface area contributed by atoms with Crippen LogP contribution in [0.15, 0.2) is 37.4 Å². The molecule has 0 radical (unpaired) electrons. The Balaban J connectivity index is 1.50. The van der Waals surface area contributed by atoms with Crippen LogP contribution in [0.3, 0.4) is 0 Å². The molecule has 0 aliphatic rings. The van der Waals surface area contributed by atoms with Crippen molar-refractivity contribution in [2.24, 2.45) is 0 Å². The second-order valence-corrected chi connectivity index (χ2v) is 7.90. The van der Waals surface area contributed by atoms with E-state index in [1.807, 2.05) is 38.1 Å². The van der Waals surface area contributed by atoms with Crippen molar-refractivity contribution in [2.45, 2.75) is 23.9 Å². The lowest BCUT2D eigenvalue weighted by atomic mass is 10.2. The van der Waals surface area contributed by atoms with E-state index >= 15 is 0 Å². The smallest absolute Gasteiger partial charge is 0.251 e. The number of hydrogen-bond donors (Lipinski definition) is 0. The van der Waals surface area contributed by atoms with E-state index in [1.165, 1.54) is 0 Å². The van der Waals surface area contributed by atoms with Gasteiger partial charge in [0.15, 0.2) is 4.34 Å². The fourth-order valence-electron chi connectivity index (χ4n) is 2.33. The average Bonchev–Trinajstić information content (AvgIpc) is 3.23. The summed E-state index contributed by atoms with van der Waals surface area (Å²) >= 11 is 9.18. The van der Waals surface area contributed by atoms with Crippen LogP contribution in [0.2, 0.25) is 5.02 Å². The number of benzene rings is 1. The van der Waals surface area contributed by atoms with Gasteiger partial charge in [-0.2, -0.15) is 0 Å². The van der Waals surface area contributed by atoms with Crippen molar-refractivity contribution in [3.05, 3.63) is 46.7 Å². The first kappa shape index (κ1) is 15.7. The van der Waals surface area contributed by atoms with Crippen LogP contribution < -0.4 is 0 Å². The van der Waals surface area contributed by atoms with Gasteiger partial charge >= 0.3 is 0 Å². The minimum Gasteiger partial charge on any atom is -0.466 e. The normalized spacial score (nSPS) is 11.5. The average molecular weight is 378 g/mol. The standard InChI is InChI=1S/C16H12ClN3O2S2/c1-8-5-11(9(2)21-8)15-20-19-14(22-15)7-23-16-18-12-6-10(17)3-4-13(12)24-16/h3-6H,7H2,1-2H3. The van der Waals surface area contributed by atoms with Crippen LogP contribution in [-0.2, 0) is 5.75 Å². The predicted octanol–water partition coefficient (Wildman–Crippen LogP) is 5.50. The largest absolute Gasteiger partial charge is 0.466 e. The summed E-state index contributed by atoms with van der Waals surface area (Å²) in [5, 5.41) is 8.90. The van der Waals surface area contributed by atoms with E-state index in [1.54, 1.807) is 23.1 Å². The van der Waals surface area contributed by atoms with Gasteiger partial charge in [0.1, 0.15) is 11.5 Å². The molecule has 5 nitrogen and oxygen atoms in total. The van der Waals surface area contributed by atoms with Crippen molar-refractivity contribution in [3.63, 3.8) is 0 Å². The molecule has 122 valence electrons. The quantitative estimate of drug-likeness (QED) is 0.437. The number of hydrogen-bond acceptors (Lipinski definition) is 7. The highest BCUT2D eigenvalue weighted by atomic mass is 35.5. The molecule has 1 aromatic carbocycles. The molecule has 0 spiro atoms. The lowest BCUT2D eigenvalue weighted by Gasteiger charge is -1.92. The summed E-state index contributed by atoms with van der Waals surface area (Å²) in [5.41, 5.74) is 1.75. The zero-order valence-corrected chi connectivity index (χ0v) is 15.3. The summed E-state index contributed by atoms with van der Waals surface area (Å²) in [6.45, 7) is 3.77. The molecular weight excluding hydrogens is 366 g/mol. The predicted molar refractivity (Wildman–Crippen MR) is 95.7 cm³/mol. The molecule has 3 aromatic heterocycles. The Hall–Kier alpha value is -1.83. The number of furan rings is 1. The molecule has 4 aromatic rings. The number of nitrogens with zero attached hydrogens (tertiary/aromatic N) is 3. The van der Waals surface area contributed by atoms with Crippen molar-refractivity contribution >= 4 is 44.9 Å². The highest BCUT2D eigenvalue weighted by Crippen LogP contribution is 2.33. The molecule has 24 heavy (non-hydrogen) atoms. The fourth-order valence-corrected chi connectivity index (χ4v) is 4.38. The Labute approximate surface area is 151 Å². The third-order valence-electron chi connectivity index (χ3n) is 3.39. The molecule has 0 saturated carbocycles. The minimum absolute atomic E-state index is 0.482. The molecule has 0 N–H and O–H groups in total. The van der Waals surface area contributed by atoms with Crippen LogP contribution in [0, 0.1) is 13.8 Å². The Bertz CT molecular complexity index is 1020. The van der Waals surface area contributed by atoms with Crippen molar-refractivity contribution in [1.29, 1.82) is 0 Å². The summed E-state index contributed by atoms with van der Waals surface area (Å²) < 4.78 is 13.3. The summed E-state index contributed by atoms with van der Waals surface area (Å²) in [6, 6.07) is 7.62. The van der Waals surface area contributed by atoms with Gasteiger partial charge in [-0.3, -0.25) is 0 Å². The Morgan fingerprint density at radius 3 is 2.83 bits per heavy atom. The number of thiazole rings is 1. The van der Waals surface area contributed by atoms with Gasteiger partial charge in [-0.15, -0.1) is 21.5 Å². The Morgan fingerprint density at radius 1 is 1.17 bits per heavy atom. The van der Waals surface area contributed by atoms with E-state index < -0.39 is 0 Å². The van der Waals surface area contributed by atoms with Crippen molar-refractivity contribution in [3.8, 4) is 11.5 Å². The topological polar surface area (TPSA) is 65.0 Å². The third kappa shape index (κ3) is 3.07. The molecule has 0 bridgehead atoms. The fraction of sp³-hybridized carbons (Fsp3) is 0.188. The number of thioether (sulfide) groups is 1. The Kier molecular flexibility index (Phi) is 4.07.